The highest BCUT2D eigenvalue weighted by Crippen LogP contribution is 2.17. The molecule has 0 aliphatic carbocycles. The molecule has 1 aromatic carbocycles. The van der Waals surface area contributed by atoms with Crippen molar-refractivity contribution in [1.82, 2.24) is 4.98 Å². The molecule has 1 heterocycles. The highest BCUT2D eigenvalue weighted by atomic mass is 32.1. The van der Waals surface area contributed by atoms with Gasteiger partial charge in [-0.25, -0.2) is 4.98 Å². The molecule has 0 bridgehead atoms. The van der Waals surface area contributed by atoms with Gasteiger partial charge in [-0.2, -0.15) is 5.10 Å². The number of benzene rings is 1. The lowest BCUT2D eigenvalue weighted by Gasteiger charge is -2.11. The maximum Gasteiger partial charge on any atom is 0.203 e. The number of para-hydroxylation sites is 1. The average Bonchev–Trinajstić information content (AvgIpc) is 2.84. The Kier molecular flexibility index (Phi) is 4.30. The van der Waals surface area contributed by atoms with Gasteiger partial charge in [-0.05, 0) is 26.0 Å². The summed E-state index contributed by atoms with van der Waals surface area (Å²) in [5.74, 6) is 0.831. The van der Waals surface area contributed by atoms with Crippen molar-refractivity contribution in [3.05, 3.63) is 41.4 Å². The monoisotopic (exact) mass is 261 g/mol. The van der Waals surface area contributed by atoms with Gasteiger partial charge >= 0.3 is 0 Å². The molecule has 1 N–H and O–H groups in total. The third-order valence-corrected chi connectivity index (χ3v) is 2.76. The van der Waals surface area contributed by atoms with E-state index in [0.717, 1.165) is 16.4 Å². The summed E-state index contributed by atoms with van der Waals surface area (Å²) in [5.41, 5.74) is 3.82. The number of hydrogen-bond donors (Lipinski definition) is 1. The van der Waals surface area contributed by atoms with Crippen molar-refractivity contribution in [2.24, 2.45) is 5.10 Å². The van der Waals surface area contributed by atoms with Gasteiger partial charge in [0.15, 0.2) is 0 Å². The maximum absolute atomic E-state index is 5.70. The molecule has 0 saturated heterocycles. The summed E-state index contributed by atoms with van der Waals surface area (Å²) in [6, 6.07) is 7.80. The minimum absolute atomic E-state index is 0.145. The first-order valence-corrected chi connectivity index (χ1v) is 6.58. The van der Waals surface area contributed by atoms with Crippen LogP contribution in [0.15, 0.2) is 40.9 Å². The Labute approximate surface area is 110 Å². The SMILES string of the molecule is CC(C)Oc1ccccc1/C=N/Nc1nccs1. The zero-order valence-electron chi connectivity index (χ0n) is 10.3. The first-order chi connectivity index (χ1) is 8.75. The first kappa shape index (κ1) is 12.6. The summed E-state index contributed by atoms with van der Waals surface area (Å²) in [4.78, 5) is 4.08. The van der Waals surface area contributed by atoms with Gasteiger partial charge in [0.1, 0.15) is 5.75 Å². The Morgan fingerprint density at radius 2 is 2.22 bits per heavy atom. The molecule has 0 amide bonds. The minimum Gasteiger partial charge on any atom is -0.490 e. The van der Waals surface area contributed by atoms with Crippen LogP contribution in [0.25, 0.3) is 0 Å². The number of nitrogens with one attached hydrogen (secondary N) is 1. The van der Waals surface area contributed by atoms with Crippen LogP contribution in [0.4, 0.5) is 5.13 Å². The number of hydrazone groups is 1. The Bertz CT molecular complexity index is 509. The second-order valence-electron chi connectivity index (χ2n) is 3.91. The minimum atomic E-state index is 0.145. The van der Waals surface area contributed by atoms with E-state index in [1.165, 1.54) is 11.3 Å². The zero-order valence-corrected chi connectivity index (χ0v) is 11.1. The molecule has 0 aliphatic rings. The van der Waals surface area contributed by atoms with Gasteiger partial charge in [0, 0.05) is 17.1 Å². The first-order valence-electron chi connectivity index (χ1n) is 5.70. The van der Waals surface area contributed by atoms with Gasteiger partial charge in [0.25, 0.3) is 0 Å². The van der Waals surface area contributed by atoms with Crippen molar-refractivity contribution in [2.45, 2.75) is 20.0 Å². The lowest BCUT2D eigenvalue weighted by atomic mass is 10.2. The molecule has 0 atom stereocenters. The van der Waals surface area contributed by atoms with Crippen LogP contribution in [0.5, 0.6) is 5.75 Å². The quantitative estimate of drug-likeness (QED) is 0.663. The summed E-state index contributed by atoms with van der Waals surface area (Å²) in [7, 11) is 0. The average molecular weight is 261 g/mol. The van der Waals surface area contributed by atoms with Crippen LogP contribution < -0.4 is 10.2 Å². The van der Waals surface area contributed by atoms with Crippen LogP contribution in [0.3, 0.4) is 0 Å². The number of anilines is 1. The van der Waals surface area contributed by atoms with E-state index in [9.17, 15) is 0 Å². The van der Waals surface area contributed by atoms with Crippen molar-refractivity contribution in [3.8, 4) is 5.75 Å². The van der Waals surface area contributed by atoms with Crippen LogP contribution in [0.2, 0.25) is 0 Å². The smallest absolute Gasteiger partial charge is 0.203 e. The summed E-state index contributed by atoms with van der Waals surface area (Å²) in [5, 5.41) is 6.81. The van der Waals surface area contributed by atoms with Crippen LogP contribution in [0, 0.1) is 0 Å². The molecule has 5 heteroatoms. The van der Waals surface area contributed by atoms with Crippen molar-refractivity contribution in [3.63, 3.8) is 0 Å². The fourth-order valence-electron chi connectivity index (χ4n) is 1.38. The van der Waals surface area contributed by atoms with Gasteiger partial charge < -0.3 is 4.74 Å². The summed E-state index contributed by atoms with van der Waals surface area (Å²) in [6.07, 6.45) is 3.61. The fraction of sp³-hybridized carbons (Fsp3) is 0.231. The van der Waals surface area contributed by atoms with E-state index >= 15 is 0 Å². The van der Waals surface area contributed by atoms with Gasteiger partial charge in [0.05, 0.1) is 12.3 Å². The largest absolute Gasteiger partial charge is 0.490 e. The highest BCUT2D eigenvalue weighted by Gasteiger charge is 2.02. The van der Waals surface area contributed by atoms with E-state index in [0.29, 0.717) is 0 Å². The molecule has 2 rings (SSSR count). The summed E-state index contributed by atoms with van der Waals surface area (Å²) < 4.78 is 5.70. The predicted molar refractivity (Wildman–Crippen MR) is 75.5 cm³/mol. The van der Waals surface area contributed by atoms with E-state index in [2.05, 4.69) is 15.5 Å². The normalized spacial score (nSPS) is 11.1. The zero-order chi connectivity index (χ0) is 12.8. The molecular weight excluding hydrogens is 246 g/mol. The molecule has 0 saturated carbocycles. The van der Waals surface area contributed by atoms with Crippen LogP contribution in [-0.4, -0.2) is 17.3 Å². The van der Waals surface area contributed by atoms with Gasteiger partial charge in [-0.3, -0.25) is 5.43 Å². The third kappa shape index (κ3) is 3.56. The van der Waals surface area contributed by atoms with E-state index in [1.54, 1.807) is 12.4 Å². The van der Waals surface area contributed by atoms with Crippen molar-refractivity contribution in [1.29, 1.82) is 0 Å². The van der Waals surface area contributed by atoms with Gasteiger partial charge in [-0.15, -0.1) is 11.3 Å². The highest BCUT2D eigenvalue weighted by molar-refractivity contribution is 7.13. The number of thiazole rings is 1. The molecule has 4 nitrogen and oxygen atoms in total. The molecule has 0 spiro atoms. The Morgan fingerprint density at radius 3 is 2.94 bits per heavy atom. The van der Waals surface area contributed by atoms with Crippen LogP contribution >= 0.6 is 11.3 Å². The van der Waals surface area contributed by atoms with E-state index in [4.69, 9.17) is 4.74 Å². The second-order valence-corrected chi connectivity index (χ2v) is 4.81. The number of aromatic nitrogens is 1. The van der Waals surface area contributed by atoms with Crippen molar-refractivity contribution in [2.75, 3.05) is 5.43 Å². The lowest BCUT2D eigenvalue weighted by Crippen LogP contribution is -2.07. The predicted octanol–water partition coefficient (Wildman–Crippen LogP) is 3.38. The maximum atomic E-state index is 5.70. The third-order valence-electron chi connectivity index (χ3n) is 2.08. The van der Waals surface area contributed by atoms with Crippen LogP contribution in [0.1, 0.15) is 19.4 Å². The van der Waals surface area contributed by atoms with E-state index in [1.807, 2.05) is 43.5 Å². The number of nitrogens with zero attached hydrogens (tertiary/aromatic N) is 2. The number of hydrogen-bond acceptors (Lipinski definition) is 5. The molecule has 0 radical (unpaired) electrons. The fourth-order valence-corrected chi connectivity index (χ4v) is 1.86. The van der Waals surface area contributed by atoms with Crippen molar-refractivity contribution >= 4 is 22.7 Å². The Morgan fingerprint density at radius 1 is 1.39 bits per heavy atom. The lowest BCUT2D eigenvalue weighted by molar-refractivity contribution is 0.242. The molecule has 0 fully saturated rings. The van der Waals surface area contributed by atoms with Gasteiger partial charge in [0.2, 0.25) is 5.13 Å². The molecule has 18 heavy (non-hydrogen) atoms. The molecular formula is C13H15N3OS. The molecule has 94 valence electrons. The van der Waals surface area contributed by atoms with Crippen molar-refractivity contribution < 1.29 is 4.74 Å². The van der Waals surface area contributed by atoms with Crippen LogP contribution in [-0.2, 0) is 0 Å². The van der Waals surface area contributed by atoms with E-state index in [-0.39, 0.29) is 6.10 Å². The second kappa shape index (κ2) is 6.16. The molecule has 0 aliphatic heterocycles. The standard InChI is InChI=1S/C13H15N3OS/c1-10(2)17-12-6-4-3-5-11(12)9-15-16-13-14-7-8-18-13/h3-10H,1-2H3,(H,14,16)/b15-9+. The number of ether oxygens (including phenoxy) is 1. The Hall–Kier alpha value is -1.88. The molecule has 2 aromatic rings. The van der Waals surface area contributed by atoms with E-state index < -0.39 is 0 Å². The number of rotatable bonds is 5. The Balaban J connectivity index is 2.06. The summed E-state index contributed by atoms with van der Waals surface area (Å²) in [6.45, 7) is 4.00. The molecule has 0 unspecified atom stereocenters. The molecule has 1 aromatic heterocycles. The topological polar surface area (TPSA) is 46.5 Å². The summed E-state index contributed by atoms with van der Waals surface area (Å²) >= 11 is 1.51. The van der Waals surface area contributed by atoms with Gasteiger partial charge in [-0.1, -0.05) is 12.1 Å².